The summed E-state index contributed by atoms with van der Waals surface area (Å²) in [4.78, 5) is 16.4. The summed E-state index contributed by atoms with van der Waals surface area (Å²) in [6, 6.07) is 12.1. The van der Waals surface area contributed by atoms with Gasteiger partial charge in [0.25, 0.3) is 5.69 Å². The SMILES string of the molecule is CC(C)CCCC(C)n1c(-c2cc(Cl)ccc2Cl)csc1=Nc1ccccc1[N+](=O)[O-]. The van der Waals surface area contributed by atoms with Crippen molar-refractivity contribution in [3.05, 3.63) is 72.8 Å². The summed E-state index contributed by atoms with van der Waals surface area (Å²) in [6.45, 7) is 6.58. The quantitative estimate of drug-likeness (QED) is 0.243. The first-order valence-electron chi connectivity index (χ1n) is 10.2. The number of thiazole rings is 1. The number of halogens is 2. The van der Waals surface area contributed by atoms with E-state index in [4.69, 9.17) is 23.2 Å². The highest BCUT2D eigenvalue weighted by molar-refractivity contribution is 7.07. The molecule has 0 N–H and O–H groups in total. The molecular weight excluding hydrogens is 453 g/mol. The maximum Gasteiger partial charge on any atom is 0.294 e. The summed E-state index contributed by atoms with van der Waals surface area (Å²) in [5.41, 5.74) is 2.05. The minimum atomic E-state index is -0.405. The summed E-state index contributed by atoms with van der Waals surface area (Å²) in [5.74, 6) is 0.637. The molecule has 0 saturated heterocycles. The molecule has 164 valence electrons. The van der Waals surface area contributed by atoms with Gasteiger partial charge in [-0.25, -0.2) is 4.99 Å². The van der Waals surface area contributed by atoms with Crippen LogP contribution in [0.2, 0.25) is 10.0 Å². The lowest BCUT2D eigenvalue weighted by Crippen LogP contribution is -2.20. The van der Waals surface area contributed by atoms with Crippen LogP contribution in [0.4, 0.5) is 11.4 Å². The monoisotopic (exact) mass is 477 g/mol. The van der Waals surface area contributed by atoms with Crippen molar-refractivity contribution in [2.45, 2.75) is 46.1 Å². The molecule has 0 amide bonds. The van der Waals surface area contributed by atoms with Crippen LogP contribution in [0.3, 0.4) is 0 Å². The molecule has 0 aliphatic heterocycles. The fourth-order valence-electron chi connectivity index (χ4n) is 3.49. The van der Waals surface area contributed by atoms with Crippen LogP contribution in [0, 0.1) is 16.0 Å². The van der Waals surface area contributed by atoms with Gasteiger partial charge in [0, 0.05) is 28.1 Å². The van der Waals surface area contributed by atoms with Gasteiger partial charge >= 0.3 is 0 Å². The summed E-state index contributed by atoms with van der Waals surface area (Å²) >= 11 is 14.2. The Morgan fingerprint density at radius 3 is 2.58 bits per heavy atom. The van der Waals surface area contributed by atoms with E-state index in [0.29, 0.717) is 26.5 Å². The minimum Gasteiger partial charge on any atom is -0.314 e. The van der Waals surface area contributed by atoms with Crippen molar-refractivity contribution in [1.29, 1.82) is 0 Å². The van der Waals surface area contributed by atoms with Crippen molar-refractivity contribution in [1.82, 2.24) is 4.57 Å². The minimum absolute atomic E-state index is 0.0164. The predicted octanol–water partition coefficient (Wildman–Crippen LogP) is 8.05. The molecule has 3 rings (SSSR count). The fraction of sp³-hybridized carbons (Fsp3) is 0.348. The van der Waals surface area contributed by atoms with E-state index >= 15 is 0 Å². The average molecular weight is 478 g/mol. The molecule has 0 spiro atoms. The molecule has 0 fully saturated rings. The van der Waals surface area contributed by atoms with Crippen molar-refractivity contribution < 1.29 is 4.92 Å². The second kappa shape index (κ2) is 10.4. The van der Waals surface area contributed by atoms with Gasteiger partial charge in [-0.1, -0.05) is 62.0 Å². The Morgan fingerprint density at radius 1 is 1.13 bits per heavy atom. The number of benzene rings is 2. The maximum atomic E-state index is 11.5. The first kappa shape index (κ1) is 23.5. The standard InChI is InChI=1S/C23H25Cl2N3O2S/c1-15(2)7-6-8-16(3)27-22(18-13-17(24)11-12-19(18)25)14-31-23(27)26-20-9-4-5-10-21(20)28(29)30/h4-5,9-16H,6-8H2,1-3H3. The molecule has 1 atom stereocenters. The van der Waals surface area contributed by atoms with Crippen molar-refractivity contribution in [3.8, 4) is 11.3 Å². The molecule has 0 radical (unpaired) electrons. The second-order valence-electron chi connectivity index (χ2n) is 7.93. The smallest absolute Gasteiger partial charge is 0.294 e. The van der Waals surface area contributed by atoms with Gasteiger partial charge in [0.1, 0.15) is 5.69 Å². The van der Waals surface area contributed by atoms with Gasteiger partial charge in [0.05, 0.1) is 15.6 Å². The lowest BCUT2D eigenvalue weighted by atomic mass is 10.0. The van der Waals surface area contributed by atoms with E-state index in [2.05, 4.69) is 30.3 Å². The molecule has 1 unspecified atom stereocenters. The van der Waals surface area contributed by atoms with Crippen molar-refractivity contribution >= 4 is 45.9 Å². The average Bonchev–Trinajstić information content (AvgIpc) is 3.13. The number of para-hydroxylation sites is 2. The van der Waals surface area contributed by atoms with E-state index in [-0.39, 0.29) is 11.7 Å². The van der Waals surface area contributed by atoms with E-state index in [9.17, 15) is 10.1 Å². The zero-order valence-electron chi connectivity index (χ0n) is 17.7. The van der Waals surface area contributed by atoms with Gasteiger partial charge in [-0.3, -0.25) is 10.1 Å². The number of nitro groups is 1. The molecule has 0 saturated carbocycles. The number of hydrogen-bond acceptors (Lipinski definition) is 4. The molecular formula is C23H25Cl2N3O2S. The van der Waals surface area contributed by atoms with Crippen LogP contribution in [0.15, 0.2) is 52.8 Å². The summed E-state index contributed by atoms with van der Waals surface area (Å²) in [7, 11) is 0. The van der Waals surface area contributed by atoms with Gasteiger partial charge in [-0.05, 0) is 43.5 Å². The highest BCUT2D eigenvalue weighted by Crippen LogP contribution is 2.34. The van der Waals surface area contributed by atoms with Gasteiger partial charge in [-0.15, -0.1) is 11.3 Å². The van der Waals surface area contributed by atoms with Crippen LogP contribution in [-0.4, -0.2) is 9.49 Å². The fourth-order valence-corrected chi connectivity index (χ4v) is 4.87. The molecule has 1 heterocycles. The van der Waals surface area contributed by atoms with Crippen LogP contribution < -0.4 is 4.80 Å². The van der Waals surface area contributed by atoms with Crippen LogP contribution in [0.25, 0.3) is 11.3 Å². The third-order valence-corrected chi connectivity index (χ3v) is 6.49. The summed E-state index contributed by atoms with van der Waals surface area (Å²) < 4.78 is 2.12. The van der Waals surface area contributed by atoms with Crippen molar-refractivity contribution in [2.75, 3.05) is 0 Å². The molecule has 2 aromatic carbocycles. The number of rotatable bonds is 8. The molecule has 8 heteroatoms. The molecule has 1 aromatic heterocycles. The summed E-state index contributed by atoms with van der Waals surface area (Å²) in [5, 5.41) is 14.6. The Labute approximate surface area is 196 Å². The molecule has 0 aliphatic carbocycles. The lowest BCUT2D eigenvalue weighted by molar-refractivity contribution is -0.384. The van der Waals surface area contributed by atoms with Gasteiger partial charge < -0.3 is 4.57 Å². The predicted molar refractivity (Wildman–Crippen MR) is 129 cm³/mol. The van der Waals surface area contributed by atoms with Crippen LogP contribution in [0.1, 0.15) is 46.1 Å². The third-order valence-electron chi connectivity index (χ3n) is 5.08. The highest BCUT2D eigenvalue weighted by Gasteiger charge is 2.18. The normalized spacial score (nSPS) is 13.0. The molecule has 3 aromatic rings. The third kappa shape index (κ3) is 5.76. The van der Waals surface area contributed by atoms with E-state index in [0.717, 1.165) is 30.5 Å². The Morgan fingerprint density at radius 2 is 1.87 bits per heavy atom. The van der Waals surface area contributed by atoms with Crippen molar-refractivity contribution in [2.24, 2.45) is 10.9 Å². The molecule has 31 heavy (non-hydrogen) atoms. The molecule has 0 aliphatic rings. The Kier molecular flexibility index (Phi) is 7.92. The molecule has 5 nitrogen and oxygen atoms in total. The van der Waals surface area contributed by atoms with Crippen molar-refractivity contribution in [3.63, 3.8) is 0 Å². The number of nitrogens with zero attached hydrogens (tertiary/aromatic N) is 3. The summed E-state index contributed by atoms with van der Waals surface area (Å²) in [6.07, 6.45) is 3.18. The highest BCUT2D eigenvalue weighted by atomic mass is 35.5. The van der Waals surface area contributed by atoms with E-state index in [1.54, 1.807) is 30.3 Å². The van der Waals surface area contributed by atoms with Gasteiger partial charge in [0.2, 0.25) is 0 Å². The molecule has 0 bridgehead atoms. The lowest BCUT2D eigenvalue weighted by Gasteiger charge is -2.18. The zero-order chi connectivity index (χ0) is 22.5. The largest absolute Gasteiger partial charge is 0.314 e. The Balaban J connectivity index is 2.15. The van der Waals surface area contributed by atoms with Gasteiger partial charge in [0.15, 0.2) is 4.80 Å². The van der Waals surface area contributed by atoms with E-state index in [1.165, 1.54) is 17.4 Å². The van der Waals surface area contributed by atoms with Gasteiger partial charge in [-0.2, -0.15) is 0 Å². The second-order valence-corrected chi connectivity index (χ2v) is 9.61. The number of aromatic nitrogens is 1. The van der Waals surface area contributed by atoms with E-state index < -0.39 is 4.92 Å². The maximum absolute atomic E-state index is 11.5. The zero-order valence-corrected chi connectivity index (χ0v) is 20.0. The van der Waals surface area contributed by atoms with Crippen LogP contribution in [0.5, 0.6) is 0 Å². The first-order chi connectivity index (χ1) is 14.8. The number of hydrogen-bond donors (Lipinski definition) is 0. The Hall–Kier alpha value is -2.15. The van der Waals surface area contributed by atoms with E-state index in [1.807, 2.05) is 11.4 Å². The van der Waals surface area contributed by atoms with Crippen LogP contribution in [-0.2, 0) is 0 Å². The Bertz CT molecular complexity index is 1140. The van der Waals surface area contributed by atoms with Crippen LogP contribution >= 0.6 is 34.5 Å². The topological polar surface area (TPSA) is 60.4 Å². The number of nitro benzene ring substituents is 1. The first-order valence-corrected chi connectivity index (χ1v) is 11.8.